The predicted molar refractivity (Wildman–Crippen MR) is 109 cm³/mol. The second-order valence-electron chi connectivity index (χ2n) is 6.67. The third-order valence-corrected chi connectivity index (χ3v) is 5.91. The molecule has 0 radical (unpaired) electrons. The van der Waals surface area contributed by atoms with E-state index in [0.717, 1.165) is 23.3 Å². The van der Waals surface area contributed by atoms with Crippen LogP contribution >= 0.6 is 0 Å². The van der Waals surface area contributed by atoms with Gasteiger partial charge in [0.2, 0.25) is 0 Å². The Morgan fingerprint density at radius 1 is 1.07 bits per heavy atom. The SMILES string of the molecule is COc1ccc(-c2cn3cccc(C)c3n2)cc1NS(=O)(=O)c1cc(F)cc(F)c1. The number of halogens is 2. The normalized spacial score (nSPS) is 11.6. The van der Waals surface area contributed by atoms with Crippen LogP contribution in [0.5, 0.6) is 5.75 Å². The quantitative estimate of drug-likeness (QED) is 0.511. The van der Waals surface area contributed by atoms with Crippen molar-refractivity contribution in [1.82, 2.24) is 9.38 Å². The Hall–Kier alpha value is -3.46. The zero-order valence-electron chi connectivity index (χ0n) is 16.1. The average Bonchev–Trinajstić information content (AvgIpc) is 3.13. The molecule has 0 saturated carbocycles. The molecule has 0 amide bonds. The number of pyridine rings is 1. The van der Waals surface area contributed by atoms with E-state index in [9.17, 15) is 17.2 Å². The molecule has 154 valence electrons. The Bertz CT molecular complexity index is 1350. The molecule has 0 saturated heterocycles. The fraction of sp³-hybridized carbons (Fsp3) is 0.0952. The van der Waals surface area contributed by atoms with Gasteiger partial charge in [-0.15, -0.1) is 0 Å². The highest BCUT2D eigenvalue weighted by Crippen LogP contribution is 2.32. The molecule has 4 rings (SSSR count). The topological polar surface area (TPSA) is 72.7 Å². The van der Waals surface area contributed by atoms with Crippen LogP contribution < -0.4 is 9.46 Å². The number of anilines is 1. The van der Waals surface area contributed by atoms with Crippen LogP contribution in [0.2, 0.25) is 0 Å². The number of hydrogen-bond donors (Lipinski definition) is 1. The molecule has 0 aliphatic rings. The van der Waals surface area contributed by atoms with Crippen LogP contribution in [0.3, 0.4) is 0 Å². The molecule has 0 aliphatic heterocycles. The van der Waals surface area contributed by atoms with E-state index in [2.05, 4.69) is 9.71 Å². The summed E-state index contributed by atoms with van der Waals surface area (Å²) in [5.74, 6) is -1.73. The lowest BCUT2D eigenvalue weighted by molar-refractivity contribution is 0.417. The van der Waals surface area contributed by atoms with Gasteiger partial charge in [-0.1, -0.05) is 6.07 Å². The number of methoxy groups -OCH3 is 1. The second kappa shape index (κ2) is 7.42. The van der Waals surface area contributed by atoms with Crippen LogP contribution in [0.15, 0.2) is 65.8 Å². The zero-order valence-corrected chi connectivity index (χ0v) is 16.9. The number of nitrogens with zero attached hydrogens (tertiary/aromatic N) is 2. The molecule has 0 spiro atoms. The number of sulfonamides is 1. The molecule has 0 bridgehead atoms. The lowest BCUT2D eigenvalue weighted by Gasteiger charge is -2.13. The Kier molecular flexibility index (Phi) is 4.90. The summed E-state index contributed by atoms with van der Waals surface area (Å²) in [5.41, 5.74) is 3.16. The first-order chi connectivity index (χ1) is 14.3. The van der Waals surface area contributed by atoms with E-state index < -0.39 is 26.6 Å². The summed E-state index contributed by atoms with van der Waals surface area (Å²) in [5, 5.41) is 0. The number of aryl methyl sites for hydroxylation is 1. The van der Waals surface area contributed by atoms with Crippen LogP contribution in [-0.2, 0) is 10.0 Å². The van der Waals surface area contributed by atoms with Gasteiger partial charge in [0.15, 0.2) is 0 Å². The largest absolute Gasteiger partial charge is 0.495 e. The van der Waals surface area contributed by atoms with Crippen LogP contribution in [-0.4, -0.2) is 24.9 Å². The third kappa shape index (κ3) is 3.71. The van der Waals surface area contributed by atoms with Crippen LogP contribution in [0.4, 0.5) is 14.5 Å². The summed E-state index contributed by atoms with van der Waals surface area (Å²) in [6.07, 6.45) is 3.69. The molecule has 0 aliphatic carbocycles. The summed E-state index contributed by atoms with van der Waals surface area (Å²) in [7, 11) is -2.87. The summed E-state index contributed by atoms with van der Waals surface area (Å²) in [4.78, 5) is 4.07. The summed E-state index contributed by atoms with van der Waals surface area (Å²) >= 11 is 0. The summed E-state index contributed by atoms with van der Waals surface area (Å²) < 4.78 is 61.8. The van der Waals surface area contributed by atoms with Crippen molar-refractivity contribution in [3.05, 3.63) is 78.1 Å². The number of nitrogens with one attached hydrogen (secondary N) is 1. The summed E-state index contributed by atoms with van der Waals surface area (Å²) in [6.45, 7) is 1.94. The van der Waals surface area contributed by atoms with Gasteiger partial charge in [0, 0.05) is 24.0 Å². The highest BCUT2D eigenvalue weighted by molar-refractivity contribution is 7.92. The monoisotopic (exact) mass is 429 g/mol. The van der Waals surface area contributed by atoms with Crippen molar-refractivity contribution in [1.29, 1.82) is 0 Å². The first kappa shape index (κ1) is 19.8. The van der Waals surface area contributed by atoms with Crippen molar-refractivity contribution in [3.8, 4) is 17.0 Å². The van der Waals surface area contributed by atoms with E-state index in [4.69, 9.17) is 4.74 Å². The van der Waals surface area contributed by atoms with Gasteiger partial charge in [-0.2, -0.15) is 0 Å². The molecule has 0 unspecified atom stereocenters. The van der Waals surface area contributed by atoms with Crippen LogP contribution in [0.1, 0.15) is 5.56 Å². The smallest absolute Gasteiger partial charge is 0.262 e. The standard InChI is InChI=1S/C21H17F2N3O3S/c1-13-4-3-7-26-12-19(24-21(13)26)14-5-6-20(29-2)18(8-14)25-30(27,28)17-10-15(22)9-16(23)11-17/h3-12,25H,1-2H3. The van der Waals surface area contributed by atoms with E-state index in [1.807, 2.05) is 35.9 Å². The Balaban J connectivity index is 1.76. The van der Waals surface area contributed by atoms with Gasteiger partial charge in [0.25, 0.3) is 10.0 Å². The molecule has 4 aromatic rings. The molecular weight excluding hydrogens is 412 g/mol. The number of imidazole rings is 1. The van der Waals surface area contributed by atoms with E-state index in [1.54, 1.807) is 18.2 Å². The molecule has 2 aromatic heterocycles. The minimum absolute atomic E-state index is 0.119. The Morgan fingerprint density at radius 2 is 1.80 bits per heavy atom. The maximum absolute atomic E-state index is 13.5. The maximum atomic E-state index is 13.5. The van der Waals surface area contributed by atoms with Gasteiger partial charge in [-0.25, -0.2) is 22.2 Å². The van der Waals surface area contributed by atoms with Gasteiger partial charge in [0.1, 0.15) is 23.0 Å². The molecule has 0 fully saturated rings. The molecule has 2 heterocycles. The fourth-order valence-corrected chi connectivity index (χ4v) is 4.23. The highest BCUT2D eigenvalue weighted by atomic mass is 32.2. The number of rotatable bonds is 5. The van der Waals surface area contributed by atoms with Crippen LogP contribution in [0.25, 0.3) is 16.9 Å². The van der Waals surface area contributed by atoms with E-state index >= 15 is 0 Å². The van der Waals surface area contributed by atoms with Crippen molar-refractivity contribution in [2.45, 2.75) is 11.8 Å². The number of hydrogen-bond acceptors (Lipinski definition) is 4. The molecule has 30 heavy (non-hydrogen) atoms. The van der Waals surface area contributed by atoms with Gasteiger partial charge in [-0.3, -0.25) is 4.72 Å². The summed E-state index contributed by atoms with van der Waals surface area (Å²) in [6, 6.07) is 10.8. The van der Waals surface area contributed by atoms with Crippen molar-refractivity contribution in [3.63, 3.8) is 0 Å². The highest BCUT2D eigenvalue weighted by Gasteiger charge is 2.20. The second-order valence-corrected chi connectivity index (χ2v) is 8.36. The molecule has 1 N–H and O–H groups in total. The van der Waals surface area contributed by atoms with E-state index in [1.165, 1.54) is 7.11 Å². The van der Waals surface area contributed by atoms with E-state index in [0.29, 0.717) is 17.3 Å². The van der Waals surface area contributed by atoms with Gasteiger partial charge < -0.3 is 9.14 Å². The van der Waals surface area contributed by atoms with Gasteiger partial charge >= 0.3 is 0 Å². The van der Waals surface area contributed by atoms with Crippen LogP contribution in [0, 0.1) is 18.6 Å². The minimum atomic E-state index is -4.26. The number of benzene rings is 2. The zero-order chi connectivity index (χ0) is 21.5. The van der Waals surface area contributed by atoms with Gasteiger partial charge in [0.05, 0.1) is 23.4 Å². The van der Waals surface area contributed by atoms with Crippen molar-refractivity contribution >= 4 is 21.4 Å². The Labute approximate surface area is 171 Å². The lowest BCUT2D eigenvalue weighted by Crippen LogP contribution is -2.14. The number of aromatic nitrogens is 2. The maximum Gasteiger partial charge on any atom is 0.262 e. The molecule has 9 heteroatoms. The minimum Gasteiger partial charge on any atom is -0.495 e. The van der Waals surface area contributed by atoms with Crippen molar-refractivity contribution in [2.75, 3.05) is 11.8 Å². The third-order valence-electron chi connectivity index (χ3n) is 4.56. The lowest BCUT2D eigenvalue weighted by atomic mass is 10.1. The van der Waals surface area contributed by atoms with E-state index in [-0.39, 0.29) is 11.4 Å². The predicted octanol–water partition coefficient (Wildman–Crippen LogP) is 4.40. The number of ether oxygens (including phenoxy) is 1. The molecule has 6 nitrogen and oxygen atoms in total. The first-order valence-electron chi connectivity index (χ1n) is 8.88. The molecular formula is C21H17F2N3O3S. The number of fused-ring (bicyclic) bond motifs is 1. The van der Waals surface area contributed by atoms with Crippen molar-refractivity contribution in [2.24, 2.45) is 0 Å². The fourth-order valence-electron chi connectivity index (χ4n) is 3.13. The average molecular weight is 429 g/mol. The molecule has 0 atom stereocenters. The Morgan fingerprint density at radius 3 is 2.47 bits per heavy atom. The molecule has 2 aromatic carbocycles. The van der Waals surface area contributed by atoms with Crippen molar-refractivity contribution < 1.29 is 21.9 Å². The first-order valence-corrected chi connectivity index (χ1v) is 10.4. The van der Waals surface area contributed by atoms with Gasteiger partial charge in [-0.05, 0) is 48.9 Å².